The van der Waals surface area contributed by atoms with Crippen LogP contribution in [0.5, 0.6) is 0 Å². The highest BCUT2D eigenvalue weighted by Gasteiger charge is 2.33. The Labute approximate surface area is 148 Å². The van der Waals surface area contributed by atoms with Crippen molar-refractivity contribution in [3.63, 3.8) is 0 Å². The second-order valence-electron chi connectivity index (χ2n) is 6.02. The van der Waals surface area contributed by atoms with E-state index in [1.165, 1.54) is 5.39 Å². The molecule has 1 aliphatic heterocycles. The number of fused-ring (bicyclic) bond motifs is 1. The summed E-state index contributed by atoms with van der Waals surface area (Å²) in [5.41, 5.74) is 1.10. The fourth-order valence-corrected chi connectivity index (χ4v) is 3.15. The molecular weight excluding hydrogens is 314 g/mol. The van der Waals surface area contributed by atoms with Crippen LogP contribution < -0.4 is 0 Å². The van der Waals surface area contributed by atoms with Gasteiger partial charge in [0, 0.05) is 5.56 Å². The van der Waals surface area contributed by atoms with Crippen molar-refractivity contribution in [3.8, 4) is 0 Å². The molecule has 2 aromatic rings. The van der Waals surface area contributed by atoms with Crippen molar-refractivity contribution in [1.29, 1.82) is 0 Å². The van der Waals surface area contributed by atoms with Crippen molar-refractivity contribution in [2.24, 2.45) is 10.9 Å². The smallest absolute Gasteiger partial charge is 0.318 e. The van der Waals surface area contributed by atoms with Gasteiger partial charge in [-0.05, 0) is 30.5 Å². The SMILES string of the molecule is C=CCCC(C(=O)OCC)C1=NCC(c2cccc3ccccc23)O1. The summed E-state index contributed by atoms with van der Waals surface area (Å²) >= 11 is 0. The van der Waals surface area contributed by atoms with E-state index in [-0.39, 0.29) is 12.1 Å². The Morgan fingerprint density at radius 2 is 2.16 bits per heavy atom. The number of carbonyl (C=O) groups excluding carboxylic acids is 1. The minimum absolute atomic E-state index is 0.165. The van der Waals surface area contributed by atoms with Crippen LogP contribution in [0.3, 0.4) is 0 Å². The molecule has 0 aromatic heterocycles. The third kappa shape index (κ3) is 3.73. The first-order valence-electron chi connectivity index (χ1n) is 8.70. The van der Waals surface area contributed by atoms with Crippen LogP contribution in [0.15, 0.2) is 60.1 Å². The Kier molecular flexibility index (Phi) is 5.49. The second kappa shape index (κ2) is 7.97. The van der Waals surface area contributed by atoms with Crippen molar-refractivity contribution in [2.45, 2.75) is 25.9 Å². The van der Waals surface area contributed by atoms with E-state index in [4.69, 9.17) is 9.47 Å². The number of esters is 1. The zero-order chi connectivity index (χ0) is 17.6. The summed E-state index contributed by atoms with van der Waals surface area (Å²) in [4.78, 5) is 16.8. The van der Waals surface area contributed by atoms with E-state index in [0.717, 1.165) is 10.9 Å². The van der Waals surface area contributed by atoms with Gasteiger partial charge in [0.2, 0.25) is 0 Å². The molecule has 0 saturated carbocycles. The minimum Gasteiger partial charge on any atom is -0.470 e. The Bertz CT molecular complexity index is 791. The van der Waals surface area contributed by atoms with Crippen molar-refractivity contribution in [2.75, 3.05) is 13.2 Å². The molecule has 25 heavy (non-hydrogen) atoms. The molecule has 0 saturated heterocycles. The Morgan fingerprint density at radius 3 is 2.96 bits per heavy atom. The summed E-state index contributed by atoms with van der Waals surface area (Å²) < 4.78 is 11.3. The van der Waals surface area contributed by atoms with Crippen LogP contribution in [0, 0.1) is 5.92 Å². The average Bonchev–Trinajstić information content (AvgIpc) is 3.11. The van der Waals surface area contributed by atoms with E-state index < -0.39 is 5.92 Å². The third-order valence-electron chi connectivity index (χ3n) is 4.37. The van der Waals surface area contributed by atoms with Gasteiger partial charge in [0.25, 0.3) is 0 Å². The molecule has 0 aliphatic carbocycles. The molecule has 4 heteroatoms. The maximum absolute atomic E-state index is 12.3. The number of rotatable bonds is 7. The molecule has 1 aliphatic rings. The second-order valence-corrected chi connectivity index (χ2v) is 6.02. The Balaban J connectivity index is 1.80. The van der Waals surface area contributed by atoms with Crippen LogP contribution in [0.1, 0.15) is 31.4 Å². The van der Waals surface area contributed by atoms with Crippen molar-refractivity contribution < 1.29 is 14.3 Å². The van der Waals surface area contributed by atoms with Crippen molar-refractivity contribution >= 4 is 22.6 Å². The number of carbonyl (C=O) groups is 1. The number of hydrogen-bond acceptors (Lipinski definition) is 4. The number of benzene rings is 2. The average molecular weight is 337 g/mol. The quantitative estimate of drug-likeness (QED) is 0.554. The van der Waals surface area contributed by atoms with Gasteiger partial charge >= 0.3 is 5.97 Å². The third-order valence-corrected chi connectivity index (χ3v) is 4.37. The number of nitrogens with zero attached hydrogens (tertiary/aromatic N) is 1. The lowest BCUT2D eigenvalue weighted by molar-refractivity contribution is -0.146. The highest BCUT2D eigenvalue weighted by Crippen LogP contribution is 2.32. The van der Waals surface area contributed by atoms with E-state index in [1.54, 1.807) is 13.0 Å². The van der Waals surface area contributed by atoms with Crippen molar-refractivity contribution in [3.05, 3.63) is 60.7 Å². The lowest BCUT2D eigenvalue weighted by Crippen LogP contribution is -2.27. The fourth-order valence-electron chi connectivity index (χ4n) is 3.15. The predicted octanol–water partition coefficient (Wildman–Crippen LogP) is 4.46. The van der Waals surface area contributed by atoms with Gasteiger partial charge < -0.3 is 9.47 Å². The monoisotopic (exact) mass is 337 g/mol. The maximum atomic E-state index is 12.3. The molecular formula is C21H23NO3. The number of hydrogen-bond donors (Lipinski definition) is 0. The molecule has 2 atom stereocenters. The van der Waals surface area contributed by atoms with Gasteiger partial charge in [0.15, 0.2) is 5.90 Å². The van der Waals surface area contributed by atoms with Crippen LogP contribution in [0.4, 0.5) is 0 Å². The van der Waals surface area contributed by atoms with Gasteiger partial charge in [-0.3, -0.25) is 9.79 Å². The lowest BCUT2D eigenvalue weighted by atomic mass is 10.0. The van der Waals surface area contributed by atoms with E-state index in [1.807, 2.05) is 18.2 Å². The zero-order valence-corrected chi connectivity index (χ0v) is 14.5. The van der Waals surface area contributed by atoms with Crippen LogP contribution in [-0.4, -0.2) is 25.0 Å². The zero-order valence-electron chi connectivity index (χ0n) is 14.5. The first-order valence-corrected chi connectivity index (χ1v) is 8.70. The highest BCUT2D eigenvalue weighted by molar-refractivity contribution is 5.99. The summed E-state index contributed by atoms with van der Waals surface area (Å²) in [6, 6.07) is 14.4. The lowest BCUT2D eigenvalue weighted by Gasteiger charge is -2.18. The molecule has 130 valence electrons. The van der Waals surface area contributed by atoms with E-state index >= 15 is 0 Å². The standard InChI is InChI=1S/C21H23NO3/c1-3-5-11-18(21(23)24-4-2)20-22-14-19(25-20)17-13-8-10-15-9-6-7-12-16(15)17/h3,6-10,12-13,18-19H,1,4-5,11,14H2,2H3. The molecule has 0 amide bonds. The molecule has 1 heterocycles. The van der Waals surface area contributed by atoms with Gasteiger partial charge in [-0.1, -0.05) is 48.5 Å². The molecule has 0 spiro atoms. The van der Waals surface area contributed by atoms with Gasteiger partial charge in [0.05, 0.1) is 13.2 Å². The summed E-state index contributed by atoms with van der Waals surface area (Å²) in [5, 5.41) is 2.33. The fraction of sp³-hybridized carbons (Fsp3) is 0.333. The van der Waals surface area contributed by atoms with Crippen LogP contribution in [-0.2, 0) is 14.3 Å². The first-order chi connectivity index (χ1) is 12.2. The van der Waals surface area contributed by atoms with Gasteiger partial charge in [-0.25, -0.2) is 0 Å². The van der Waals surface area contributed by atoms with Crippen molar-refractivity contribution in [1.82, 2.24) is 0 Å². The van der Waals surface area contributed by atoms with Gasteiger partial charge in [-0.2, -0.15) is 0 Å². The normalized spacial score (nSPS) is 17.6. The predicted molar refractivity (Wildman–Crippen MR) is 99.6 cm³/mol. The van der Waals surface area contributed by atoms with Crippen LogP contribution in [0.2, 0.25) is 0 Å². The molecule has 2 unspecified atom stereocenters. The Morgan fingerprint density at radius 1 is 1.36 bits per heavy atom. The summed E-state index contributed by atoms with van der Waals surface area (Å²) in [5.74, 6) is -0.252. The van der Waals surface area contributed by atoms with Gasteiger partial charge in [0.1, 0.15) is 12.0 Å². The molecule has 4 nitrogen and oxygen atoms in total. The van der Waals surface area contributed by atoms with Crippen LogP contribution >= 0.6 is 0 Å². The summed E-state index contributed by atoms with van der Waals surface area (Å²) in [6.45, 7) is 6.40. The molecule has 0 fully saturated rings. The first kappa shape index (κ1) is 17.2. The molecule has 0 N–H and O–H groups in total. The number of allylic oxidation sites excluding steroid dienone is 1. The molecule has 0 radical (unpaired) electrons. The highest BCUT2D eigenvalue weighted by atomic mass is 16.5. The summed E-state index contributed by atoms with van der Waals surface area (Å²) in [6.07, 6.45) is 2.94. The topological polar surface area (TPSA) is 47.9 Å². The molecule has 2 aromatic carbocycles. The Hall–Kier alpha value is -2.62. The van der Waals surface area contributed by atoms with E-state index in [0.29, 0.717) is 31.9 Å². The molecule has 0 bridgehead atoms. The number of aliphatic imine (C=N–C) groups is 1. The molecule has 3 rings (SSSR count). The van der Waals surface area contributed by atoms with Gasteiger partial charge in [-0.15, -0.1) is 6.58 Å². The van der Waals surface area contributed by atoms with E-state index in [9.17, 15) is 4.79 Å². The maximum Gasteiger partial charge on any atom is 0.318 e. The largest absolute Gasteiger partial charge is 0.470 e. The minimum atomic E-state index is -0.460. The summed E-state index contributed by atoms with van der Waals surface area (Å²) in [7, 11) is 0. The van der Waals surface area contributed by atoms with E-state index in [2.05, 4.69) is 35.8 Å². The van der Waals surface area contributed by atoms with Crippen LogP contribution in [0.25, 0.3) is 10.8 Å². The number of ether oxygens (including phenoxy) is 2.